The van der Waals surface area contributed by atoms with E-state index < -0.39 is 0 Å². The minimum Gasteiger partial charge on any atom is -0.392 e. The molecule has 0 aromatic heterocycles. The molecule has 1 aliphatic rings. The zero-order chi connectivity index (χ0) is 14.0. The summed E-state index contributed by atoms with van der Waals surface area (Å²) < 4.78 is 0. The van der Waals surface area contributed by atoms with Gasteiger partial charge in [0.25, 0.3) is 0 Å². The maximum absolute atomic E-state index is 11.8. The molecular formula is C14H18ClNO2S. The third-order valence-corrected chi connectivity index (χ3v) is 5.00. The number of hydrogen-bond acceptors (Lipinski definition) is 3. The third-order valence-electron chi connectivity index (χ3n) is 3.73. The Bertz CT molecular complexity index is 461. The summed E-state index contributed by atoms with van der Waals surface area (Å²) in [6.07, 6.45) is 0.325. The summed E-state index contributed by atoms with van der Waals surface area (Å²) in [5.74, 6) is 0.384. The molecule has 19 heavy (non-hydrogen) atoms. The Labute approximate surface area is 122 Å². The predicted octanol–water partition coefficient (Wildman–Crippen LogP) is 2.71. The van der Waals surface area contributed by atoms with Crippen molar-refractivity contribution in [2.45, 2.75) is 37.3 Å². The topological polar surface area (TPSA) is 49.3 Å². The van der Waals surface area contributed by atoms with Crippen molar-refractivity contribution in [1.82, 2.24) is 5.32 Å². The predicted molar refractivity (Wildman–Crippen MR) is 78.5 cm³/mol. The molecule has 1 aliphatic carbocycles. The van der Waals surface area contributed by atoms with Gasteiger partial charge in [0, 0.05) is 21.4 Å². The summed E-state index contributed by atoms with van der Waals surface area (Å²) >= 11 is 7.28. The quantitative estimate of drug-likeness (QED) is 0.841. The van der Waals surface area contributed by atoms with E-state index in [0.717, 1.165) is 4.90 Å². The van der Waals surface area contributed by atoms with Gasteiger partial charge in [0.1, 0.15) is 0 Å². The standard InChI is InChI=1S/C14H18ClNO2S/c1-14(2)11(7-12(14)17)16-13(18)8-19-10-5-3-9(15)4-6-10/h3-6,11-12,17H,7-8H2,1-2H3,(H,16,18). The van der Waals surface area contributed by atoms with Crippen molar-refractivity contribution in [2.24, 2.45) is 5.41 Å². The molecule has 1 amide bonds. The van der Waals surface area contributed by atoms with Crippen molar-refractivity contribution in [2.75, 3.05) is 5.75 Å². The maximum Gasteiger partial charge on any atom is 0.230 e. The number of hydrogen-bond donors (Lipinski definition) is 2. The van der Waals surface area contributed by atoms with E-state index in [0.29, 0.717) is 17.2 Å². The van der Waals surface area contributed by atoms with Crippen LogP contribution in [-0.4, -0.2) is 28.9 Å². The summed E-state index contributed by atoms with van der Waals surface area (Å²) in [6.45, 7) is 3.94. The van der Waals surface area contributed by atoms with Gasteiger partial charge in [0.2, 0.25) is 5.91 Å². The summed E-state index contributed by atoms with van der Waals surface area (Å²) in [7, 11) is 0. The number of rotatable bonds is 4. The Kier molecular flexibility index (Phi) is 4.43. The van der Waals surface area contributed by atoms with Gasteiger partial charge >= 0.3 is 0 Å². The summed E-state index contributed by atoms with van der Waals surface area (Å²) in [5.41, 5.74) is -0.222. The van der Waals surface area contributed by atoms with E-state index in [-0.39, 0.29) is 23.5 Å². The molecule has 2 rings (SSSR count). The molecule has 1 aromatic carbocycles. The number of carbonyl (C=O) groups is 1. The molecule has 104 valence electrons. The van der Waals surface area contributed by atoms with Gasteiger partial charge in [-0.1, -0.05) is 25.4 Å². The molecule has 0 bridgehead atoms. The lowest BCUT2D eigenvalue weighted by atomic mass is 9.64. The van der Waals surface area contributed by atoms with E-state index >= 15 is 0 Å². The van der Waals surface area contributed by atoms with E-state index in [2.05, 4.69) is 5.32 Å². The molecule has 2 N–H and O–H groups in total. The average molecular weight is 300 g/mol. The first kappa shape index (κ1) is 14.7. The van der Waals surface area contributed by atoms with Crippen molar-refractivity contribution in [3.63, 3.8) is 0 Å². The molecule has 0 saturated heterocycles. The number of thioether (sulfide) groups is 1. The van der Waals surface area contributed by atoms with Crippen LogP contribution in [0.15, 0.2) is 29.2 Å². The highest BCUT2D eigenvalue weighted by molar-refractivity contribution is 8.00. The van der Waals surface area contributed by atoms with E-state index in [1.807, 2.05) is 38.1 Å². The fourth-order valence-corrected chi connectivity index (χ4v) is 2.90. The molecule has 0 heterocycles. The molecule has 0 spiro atoms. The van der Waals surface area contributed by atoms with Crippen LogP contribution < -0.4 is 5.32 Å². The van der Waals surface area contributed by atoms with Gasteiger partial charge in [-0.15, -0.1) is 11.8 Å². The van der Waals surface area contributed by atoms with Gasteiger partial charge < -0.3 is 10.4 Å². The molecule has 1 saturated carbocycles. The van der Waals surface area contributed by atoms with Gasteiger partial charge in [-0.05, 0) is 30.7 Å². The van der Waals surface area contributed by atoms with E-state index in [4.69, 9.17) is 11.6 Å². The molecule has 2 atom stereocenters. The Morgan fingerprint density at radius 3 is 2.63 bits per heavy atom. The van der Waals surface area contributed by atoms with E-state index in [1.165, 1.54) is 11.8 Å². The van der Waals surface area contributed by atoms with Crippen LogP contribution in [0.3, 0.4) is 0 Å². The highest BCUT2D eigenvalue weighted by atomic mass is 35.5. The lowest BCUT2D eigenvalue weighted by Crippen LogP contribution is -2.61. The first-order chi connectivity index (χ1) is 8.89. The Morgan fingerprint density at radius 2 is 2.11 bits per heavy atom. The lowest BCUT2D eigenvalue weighted by Gasteiger charge is -2.49. The maximum atomic E-state index is 11.8. The van der Waals surface area contributed by atoms with Gasteiger partial charge in [-0.3, -0.25) is 4.79 Å². The molecule has 1 fully saturated rings. The molecule has 0 radical (unpaired) electrons. The Balaban J connectivity index is 1.78. The second kappa shape index (κ2) is 5.73. The minimum atomic E-state index is -0.318. The van der Waals surface area contributed by atoms with Crippen LogP contribution in [-0.2, 0) is 4.79 Å². The largest absolute Gasteiger partial charge is 0.392 e. The summed E-state index contributed by atoms with van der Waals surface area (Å²) in [6, 6.07) is 7.50. The zero-order valence-corrected chi connectivity index (χ0v) is 12.6. The van der Waals surface area contributed by atoms with E-state index in [1.54, 1.807) is 0 Å². The van der Waals surface area contributed by atoms with Crippen molar-refractivity contribution < 1.29 is 9.90 Å². The van der Waals surface area contributed by atoms with Gasteiger partial charge in [-0.25, -0.2) is 0 Å². The number of halogens is 1. The third kappa shape index (κ3) is 3.44. The average Bonchev–Trinajstić information content (AvgIpc) is 2.38. The monoisotopic (exact) mass is 299 g/mol. The molecule has 1 aromatic rings. The first-order valence-electron chi connectivity index (χ1n) is 6.25. The number of carbonyl (C=O) groups excluding carboxylic acids is 1. The number of aliphatic hydroxyl groups is 1. The SMILES string of the molecule is CC1(C)C(O)CC1NC(=O)CSc1ccc(Cl)cc1. The molecule has 3 nitrogen and oxygen atoms in total. The van der Waals surface area contributed by atoms with Crippen LogP contribution in [0.5, 0.6) is 0 Å². The Hall–Kier alpha value is -0.710. The molecule has 2 unspecified atom stereocenters. The van der Waals surface area contributed by atoms with Crippen molar-refractivity contribution >= 4 is 29.3 Å². The molecule has 0 aliphatic heterocycles. The number of amides is 1. The van der Waals surface area contributed by atoms with Crippen LogP contribution >= 0.6 is 23.4 Å². The van der Waals surface area contributed by atoms with Crippen molar-refractivity contribution in [3.8, 4) is 0 Å². The highest BCUT2D eigenvalue weighted by Gasteiger charge is 2.47. The molecular weight excluding hydrogens is 282 g/mol. The van der Waals surface area contributed by atoms with Gasteiger partial charge in [0.15, 0.2) is 0 Å². The fraction of sp³-hybridized carbons (Fsp3) is 0.500. The van der Waals surface area contributed by atoms with Gasteiger partial charge in [0.05, 0.1) is 11.9 Å². The Morgan fingerprint density at radius 1 is 1.47 bits per heavy atom. The van der Waals surface area contributed by atoms with Crippen LogP contribution in [0.2, 0.25) is 5.02 Å². The van der Waals surface area contributed by atoms with Crippen molar-refractivity contribution in [1.29, 1.82) is 0 Å². The normalized spacial score (nSPS) is 24.6. The number of nitrogens with one attached hydrogen (secondary N) is 1. The first-order valence-corrected chi connectivity index (χ1v) is 7.62. The van der Waals surface area contributed by atoms with Crippen molar-refractivity contribution in [3.05, 3.63) is 29.3 Å². The minimum absolute atomic E-state index is 0.00456. The second-order valence-electron chi connectivity index (χ2n) is 5.44. The summed E-state index contributed by atoms with van der Waals surface area (Å²) in [5, 5.41) is 13.3. The van der Waals surface area contributed by atoms with Crippen LogP contribution in [0.4, 0.5) is 0 Å². The molecule has 5 heteroatoms. The highest BCUT2D eigenvalue weighted by Crippen LogP contribution is 2.40. The summed E-state index contributed by atoms with van der Waals surface area (Å²) in [4.78, 5) is 12.9. The second-order valence-corrected chi connectivity index (χ2v) is 6.92. The van der Waals surface area contributed by atoms with Crippen LogP contribution in [0.1, 0.15) is 20.3 Å². The number of benzene rings is 1. The smallest absolute Gasteiger partial charge is 0.230 e. The zero-order valence-electron chi connectivity index (χ0n) is 11.0. The fourth-order valence-electron chi connectivity index (χ4n) is 2.06. The van der Waals surface area contributed by atoms with Crippen LogP contribution in [0.25, 0.3) is 0 Å². The lowest BCUT2D eigenvalue weighted by molar-refractivity contribution is -0.126. The number of aliphatic hydroxyl groups excluding tert-OH is 1. The van der Waals surface area contributed by atoms with E-state index in [9.17, 15) is 9.90 Å². The van der Waals surface area contributed by atoms with Gasteiger partial charge in [-0.2, -0.15) is 0 Å². The van der Waals surface area contributed by atoms with Crippen LogP contribution in [0, 0.1) is 5.41 Å².